The fourth-order valence-electron chi connectivity index (χ4n) is 1.19. The molecule has 6 nitrogen and oxygen atoms in total. The van der Waals surface area contributed by atoms with Crippen LogP contribution in [0.2, 0.25) is 0 Å². The van der Waals surface area contributed by atoms with E-state index in [1.54, 1.807) is 0 Å². The van der Waals surface area contributed by atoms with Crippen molar-refractivity contribution in [2.75, 3.05) is 0 Å². The van der Waals surface area contributed by atoms with Gasteiger partial charge in [-0.05, 0) is 12.8 Å². The lowest BCUT2D eigenvalue weighted by Gasteiger charge is -2.14. The van der Waals surface area contributed by atoms with Crippen LogP contribution in [0.3, 0.4) is 0 Å². The van der Waals surface area contributed by atoms with Crippen LogP contribution >= 0.6 is 0 Å². The molecular formula is C8H8O6. The Morgan fingerprint density at radius 1 is 0.857 bits per heavy atom. The quantitative estimate of drug-likeness (QED) is 0.518. The van der Waals surface area contributed by atoms with Gasteiger partial charge in [-0.2, -0.15) is 0 Å². The first-order valence-electron chi connectivity index (χ1n) is 3.76. The van der Waals surface area contributed by atoms with Crippen molar-refractivity contribution < 1.29 is 30.0 Å². The minimum absolute atomic E-state index is 0.104. The van der Waals surface area contributed by atoms with Crippen molar-refractivity contribution in [1.29, 1.82) is 0 Å². The number of aliphatic hydroxyl groups is 2. The van der Waals surface area contributed by atoms with E-state index >= 15 is 0 Å². The molecule has 0 amide bonds. The predicted molar refractivity (Wildman–Crippen MR) is 43.8 cm³/mol. The van der Waals surface area contributed by atoms with Crippen LogP contribution in [0.15, 0.2) is 22.7 Å². The number of aliphatic hydroxyl groups excluding tert-OH is 2. The van der Waals surface area contributed by atoms with Crippen LogP contribution < -0.4 is 0 Å². The second-order valence-electron chi connectivity index (χ2n) is 2.76. The Kier molecular flexibility index (Phi) is 2.46. The number of hydrogen-bond donors (Lipinski definition) is 4. The van der Waals surface area contributed by atoms with Crippen molar-refractivity contribution in [3.63, 3.8) is 0 Å². The van der Waals surface area contributed by atoms with E-state index in [1.807, 2.05) is 0 Å². The van der Waals surface area contributed by atoms with Gasteiger partial charge in [-0.3, -0.25) is 0 Å². The summed E-state index contributed by atoms with van der Waals surface area (Å²) in [5.74, 6) is -4.45. The minimum Gasteiger partial charge on any atom is -0.504 e. The van der Waals surface area contributed by atoms with Gasteiger partial charge in [0.1, 0.15) is 0 Å². The maximum Gasteiger partial charge on any atom is 0.335 e. The highest BCUT2D eigenvalue weighted by molar-refractivity contribution is 5.93. The molecular weight excluding hydrogens is 192 g/mol. The summed E-state index contributed by atoms with van der Waals surface area (Å²) in [5.41, 5.74) is -0.736. The first-order chi connectivity index (χ1) is 6.45. The molecule has 0 saturated heterocycles. The lowest BCUT2D eigenvalue weighted by Crippen LogP contribution is -2.16. The van der Waals surface area contributed by atoms with Gasteiger partial charge in [-0.25, -0.2) is 9.59 Å². The van der Waals surface area contributed by atoms with Gasteiger partial charge in [-0.15, -0.1) is 0 Å². The summed E-state index contributed by atoms with van der Waals surface area (Å²) in [6.45, 7) is 0. The molecule has 0 aliphatic heterocycles. The van der Waals surface area contributed by atoms with E-state index in [4.69, 9.17) is 20.4 Å². The molecule has 0 heterocycles. The van der Waals surface area contributed by atoms with Gasteiger partial charge in [0.25, 0.3) is 0 Å². The Hall–Kier alpha value is -1.98. The van der Waals surface area contributed by atoms with Gasteiger partial charge in [0.15, 0.2) is 11.5 Å². The summed E-state index contributed by atoms with van der Waals surface area (Å²) in [5, 5.41) is 35.4. The van der Waals surface area contributed by atoms with Crippen LogP contribution in [-0.4, -0.2) is 32.4 Å². The lowest BCUT2D eigenvalue weighted by molar-refractivity contribution is -0.135. The molecule has 0 saturated carbocycles. The first kappa shape index (κ1) is 10.1. The van der Waals surface area contributed by atoms with E-state index in [0.29, 0.717) is 0 Å². The Bertz CT molecular complexity index is 326. The van der Waals surface area contributed by atoms with Crippen LogP contribution in [-0.2, 0) is 9.59 Å². The Labute approximate surface area is 78.4 Å². The molecule has 76 valence electrons. The molecule has 6 heteroatoms. The zero-order valence-corrected chi connectivity index (χ0v) is 7.02. The molecule has 0 aromatic carbocycles. The highest BCUT2D eigenvalue weighted by Crippen LogP contribution is 2.27. The number of aliphatic carboxylic acids is 2. The van der Waals surface area contributed by atoms with Gasteiger partial charge >= 0.3 is 11.9 Å². The molecule has 0 radical (unpaired) electrons. The number of carboxylic acid groups (broad SMARTS) is 2. The molecule has 0 bridgehead atoms. The van der Waals surface area contributed by atoms with Crippen LogP contribution in [0.1, 0.15) is 12.8 Å². The van der Waals surface area contributed by atoms with Crippen molar-refractivity contribution in [1.82, 2.24) is 0 Å². The van der Waals surface area contributed by atoms with E-state index in [-0.39, 0.29) is 24.0 Å². The minimum atomic E-state index is -1.36. The summed E-state index contributed by atoms with van der Waals surface area (Å²) >= 11 is 0. The molecule has 0 aromatic rings. The molecule has 1 aliphatic carbocycles. The zero-order valence-electron chi connectivity index (χ0n) is 7.02. The zero-order chi connectivity index (χ0) is 10.9. The van der Waals surface area contributed by atoms with Crippen molar-refractivity contribution in [3.05, 3.63) is 22.7 Å². The molecule has 14 heavy (non-hydrogen) atoms. The van der Waals surface area contributed by atoms with E-state index < -0.39 is 23.5 Å². The predicted octanol–water partition coefficient (Wildman–Crippen LogP) is 0.574. The molecule has 1 aliphatic rings. The Balaban J connectivity index is 3.20. The van der Waals surface area contributed by atoms with Gasteiger partial charge in [0.05, 0.1) is 11.1 Å². The average Bonchev–Trinajstić information content (AvgIpc) is 2.08. The van der Waals surface area contributed by atoms with Crippen LogP contribution in [0.25, 0.3) is 0 Å². The third-order valence-electron chi connectivity index (χ3n) is 1.94. The summed E-state index contributed by atoms with van der Waals surface area (Å²) in [6, 6.07) is 0. The normalized spacial score (nSPS) is 17.1. The van der Waals surface area contributed by atoms with Crippen molar-refractivity contribution in [2.24, 2.45) is 0 Å². The third-order valence-corrected chi connectivity index (χ3v) is 1.94. The van der Waals surface area contributed by atoms with Gasteiger partial charge < -0.3 is 20.4 Å². The maximum absolute atomic E-state index is 10.5. The molecule has 0 aromatic heterocycles. The SMILES string of the molecule is O=C(O)C1=C(O)C(O)=C(C(=O)O)CC1. The van der Waals surface area contributed by atoms with E-state index in [9.17, 15) is 9.59 Å². The number of rotatable bonds is 2. The van der Waals surface area contributed by atoms with Gasteiger partial charge in [-0.1, -0.05) is 0 Å². The van der Waals surface area contributed by atoms with Gasteiger partial charge in [0.2, 0.25) is 0 Å². The van der Waals surface area contributed by atoms with Crippen molar-refractivity contribution >= 4 is 11.9 Å². The summed E-state index contributed by atoms with van der Waals surface area (Å²) < 4.78 is 0. The summed E-state index contributed by atoms with van der Waals surface area (Å²) in [4.78, 5) is 21.0. The van der Waals surface area contributed by atoms with Gasteiger partial charge in [0, 0.05) is 0 Å². The monoisotopic (exact) mass is 200 g/mol. The molecule has 0 atom stereocenters. The van der Waals surface area contributed by atoms with E-state index in [1.165, 1.54) is 0 Å². The van der Waals surface area contributed by atoms with Crippen LogP contribution in [0.5, 0.6) is 0 Å². The molecule has 4 N–H and O–H groups in total. The Morgan fingerprint density at radius 2 is 1.14 bits per heavy atom. The van der Waals surface area contributed by atoms with Crippen molar-refractivity contribution in [3.8, 4) is 0 Å². The number of carboxylic acids is 2. The second kappa shape index (κ2) is 3.41. The molecule has 0 fully saturated rings. The number of hydrogen-bond acceptors (Lipinski definition) is 4. The molecule has 0 spiro atoms. The molecule has 0 unspecified atom stereocenters. The maximum atomic E-state index is 10.5. The highest BCUT2D eigenvalue weighted by atomic mass is 16.4. The summed E-state index contributed by atoms with van der Waals surface area (Å²) in [6.07, 6.45) is -0.209. The molecule has 1 rings (SSSR count). The third kappa shape index (κ3) is 1.54. The first-order valence-corrected chi connectivity index (χ1v) is 3.76. The average molecular weight is 200 g/mol. The standard InChI is InChI=1S/C8H8O6/c9-5-3(7(11)12)1-2-4(6(5)10)8(13)14/h9-10H,1-2H2,(H,11,12)(H,13,14). The van der Waals surface area contributed by atoms with Crippen LogP contribution in [0.4, 0.5) is 0 Å². The summed E-state index contributed by atoms with van der Waals surface area (Å²) in [7, 11) is 0. The smallest absolute Gasteiger partial charge is 0.335 e. The fourth-order valence-corrected chi connectivity index (χ4v) is 1.19. The van der Waals surface area contributed by atoms with E-state index in [2.05, 4.69) is 0 Å². The van der Waals surface area contributed by atoms with E-state index in [0.717, 1.165) is 0 Å². The Morgan fingerprint density at radius 3 is 1.36 bits per heavy atom. The number of carbonyl (C=O) groups is 2. The fraction of sp³-hybridized carbons (Fsp3) is 0.250. The topological polar surface area (TPSA) is 115 Å². The van der Waals surface area contributed by atoms with Crippen molar-refractivity contribution in [2.45, 2.75) is 12.8 Å². The second-order valence-corrected chi connectivity index (χ2v) is 2.76. The highest BCUT2D eigenvalue weighted by Gasteiger charge is 2.28. The lowest BCUT2D eigenvalue weighted by atomic mass is 9.95. The van der Waals surface area contributed by atoms with Crippen LogP contribution in [0, 0.1) is 0 Å². The largest absolute Gasteiger partial charge is 0.504 e.